The number of furan rings is 1. The van der Waals surface area contributed by atoms with Crippen LogP contribution in [0.3, 0.4) is 0 Å². The minimum absolute atomic E-state index is 0. The maximum absolute atomic E-state index is 14.1. The van der Waals surface area contributed by atoms with Gasteiger partial charge in [-0.15, -0.1) is 42.0 Å². The summed E-state index contributed by atoms with van der Waals surface area (Å²) >= 11 is 0. The minimum atomic E-state index is -2.33. The van der Waals surface area contributed by atoms with Gasteiger partial charge in [-0.3, -0.25) is 9.37 Å². The van der Waals surface area contributed by atoms with Crippen molar-refractivity contribution in [2.45, 2.75) is 98.8 Å². The summed E-state index contributed by atoms with van der Waals surface area (Å²) < 4.78 is 44.7. The summed E-state index contributed by atoms with van der Waals surface area (Å²) in [6.07, 6.45) is 3.67. The monoisotopic (exact) mass is 938 g/mol. The third kappa shape index (κ3) is 8.24. The maximum Gasteiger partial charge on any atom is 0.168 e. The van der Waals surface area contributed by atoms with Crippen LogP contribution >= 0.6 is 0 Å². The zero-order chi connectivity index (χ0) is 42.6. The Morgan fingerprint density at radius 1 is 0.754 bits per heavy atom. The average molecular weight is 938 g/mol. The van der Waals surface area contributed by atoms with Crippen LogP contribution < -0.4 is 0 Å². The topological polar surface area (TPSA) is 56.7 Å². The summed E-state index contributed by atoms with van der Waals surface area (Å²) in [4.78, 5) is 14.3. The van der Waals surface area contributed by atoms with Crippen molar-refractivity contribution in [1.82, 2.24) is 19.5 Å². The summed E-state index contributed by atoms with van der Waals surface area (Å²) in [5.41, 5.74) is 10.7. The van der Waals surface area contributed by atoms with Gasteiger partial charge < -0.3 is 14.0 Å². The number of benzene rings is 4. The number of hydrogen-bond acceptors (Lipinski definition) is 4. The van der Waals surface area contributed by atoms with Gasteiger partial charge in [0.25, 0.3) is 0 Å². The number of para-hydroxylation sites is 2. The van der Waals surface area contributed by atoms with Gasteiger partial charge in [0.05, 0.1) is 16.9 Å². The zero-order valence-electron chi connectivity index (χ0n) is 37.3. The fourth-order valence-electron chi connectivity index (χ4n) is 7.04. The van der Waals surface area contributed by atoms with Crippen molar-refractivity contribution in [2.75, 3.05) is 0 Å². The third-order valence-electron chi connectivity index (χ3n) is 10.3. The first-order valence-corrected chi connectivity index (χ1v) is 19.3. The molecule has 0 amide bonds. The molecular formula is C50H51FIrN4O-2. The standard InChI is InChI=1S/C34H34N3O.C16H17FN.Ir/c1-20(2)23-13-10-14-24(21(3)4)30(23)37-28-18-22(34(5,6)7)19-35-32(28)36-33(37)27-16-11-15-26-25-12-8-9-17-29(25)38-31(26)27;1-11-5-7-13(14(17)9-11)15-8-6-12(10-18-15)16(2,3)4;/h8-15,17-21H,1-7H3;5-6,8-10H,1-4H3;/q2*-1;/i;1D3;. The maximum atomic E-state index is 14.1. The van der Waals surface area contributed by atoms with Crippen LogP contribution in [0.25, 0.3) is 61.4 Å². The number of aryl methyl sites for hydroxylation is 1. The average Bonchev–Trinajstić information content (AvgIpc) is 3.75. The van der Waals surface area contributed by atoms with Crippen LogP contribution in [0.1, 0.15) is 113 Å². The minimum Gasteiger partial charge on any atom is -0.501 e. The predicted molar refractivity (Wildman–Crippen MR) is 229 cm³/mol. The molecule has 4 heterocycles. The molecule has 0 spiro atoms. The normalized spacial score (nSPS) is 13.0. The summed E-state index contributed by atoms with van der Waals surface area (Å²) in [6, 6.07) is 33.3. The first-order chi connectivity index (χ1) is 27.7. The zero-order valence-corrected chi connectivity index (χ0v) is 36.7. The fourth-order valence-corrected chi connectivity index (χ4v) is 7.04. The molecule has 0 aliphatic rings. The Hall–Kier alpha value is -4.97. The molecule has 0 atom stereocenters. The van der Waals surface area contributed by atoms with E-state index in [1.54, 1.807) is 12.3 Å². The SMILES string of the molecule is CC(C)c1cccc(C(C)C)c1-n1c(-c2[c-]ccc3c2oc2ccccc23)nc2ncc(C(C)(C)C)cc21.[2H]C([2H])([2H])c1c[c-]c(-c2ccc(C(C)(C)C)cn2)c(F)c1.[Ir]. The van der Waals surface area contributed by atoms with E-state index < -0.39 is 12.7 Å². The Bertz CT molecular complexity index is 2780. The number of aromatic nitrogens is 4. The van der Waals surface area contributed by atoms with Crippen molar-refractivity contribution >= 4 is 33.1 Å². The molecule has 0 bridgehead atoms. The van der Waals surface area contributed by atoms with Crippen molar-refractivity contribution in [2.24, 2.45) is 0 Å². The number of hydrogen-bond donors (Lipinski definition) is 0. The number of nitrogens with zero attached hydrogens (tertiary/aromatic N) is 4. The Labute approximate surface area is 354 Å². The van der Waals surface area contributed by atoms with E-state index in [4.69, 9.17) is 18.5 Å². The summed E-state index contributed by atoms with van der Waals surface area (Å²) in [7, 11) is 0. The van der Waals surface area contributed by atoms with Crippen molar-refractivity contribution in [3.05, 3.63) is 143 Å². The van der Waals surface area contributed by atoms with Crippen LogP contribution in [0.5, 0.6) is 0 Å². The number of fused-ring (bicyclic) bond motifs is 4. The summed E-state index contributed by atoms with van der Waals surface area (Å²) in [6.45, 7) is 19.6. The molecule has 1 radical (unpaired) electrons. The van der Waals surface area contributed by atoms with Gasteiger partial charge in [-0.05, 0) is 62.7 Å². The first-order valence-electron chi connectivity index (χ1n) is 20.8. The van der Waals surface area contributed by atoms with Gasteiger partial charge in [-0.2, -0.15) is 0 Å². The first kappa shape index (κ1) is 37.6. The van der Waals surface area contributed by atoms with Crippen LogP contribution in [-0.2, 0) is 30.9 Å². The molecule has 4 aromatic heterocycles. The smallest absolute Gasteiger partial charge is 0.168 e. The number of rotatable bonds is 5. The molecule has 0 aliphatic carbocycles. The second-order valence-electron chi connectivity index (χ2n) is 17.2. The molecule has 0 saturated carbocycles. The molecule has 0 unspecified atom stereocenters. The van der Waals surface area contributed by atoms with Crippen molar-refractivity contribution in [3.63, 3.8) is 0 Å². The third-order valence-corrected chi connectivity index (χ3v) is 10.3. The van der Waals surface area contributed by atoms with Crippen molar-refractivity contribution in [3.8, 4) is 28.3 Å². The Morgan fingerprint density at radius 2 is 1.44 bits per heavy atom. The molecule has 0 aliphatic heterocycles. The molecule has 57 heavy (non-hydrogen) atoms. The molecule has 0 fully saturated rings. The molecule has 8 rings (SSSR count). The van der Waals surface area contributed by atoms with E-state index in [0.29, 0.717) is 17.5 Å². The molecule has 8 aromatic rings. The van der Waals surface area contributed by atoms with Gasteiger partial charge in [0.2, 0.25) is 0 Å². The Kier molecular flexibility index (Phi) is 10.6. The van der Waals surface area contributed by atoms with E-state index in [1.807, 2.05) is 30.5 Å². The number of halogens is 1. The molecule has 295 valence electrons. The fraction of sp³-hybridized carbons (Fsp3) is 0.300. The van der Waals surface area contributed by atoms with Crippen LogP contribution in [0, 0.1) is 24.8 Å². The van der Waals surface area contributed by atoms with E-state index in [0.717, 1.165) is 56.1 Å². The molecule has 4 aromatic carbocycles. The molecular weight excluding hydrogens is 884 g/mol. The van der Waals surface area contributed by atoms with Crippen LogP contribution in [0.2, 0.25) is 0 Å². The quantitative estimate of drug-likeness (QED) is 0.161. The van der Waals surface area contributed by atoms with Crippen LogP contribution in [-0.4, -0.2) is 19.5 Å². The molecule has 0 saturated heterocycles. The van der Waals surface area contributed by atoms with Crippen molar-refractivity contribution in [1.29, 1.82) is 0 Å². The molecule has 7 heteroatoms. The largest absolute Gasteiger partial charge is 0.501 e. The van der Waals surface area contributed by atoms with Gasteiger partial charge in [-0.1, -0.05) is 141 Å². The Morgan fingerprint density at radius 3 is 2.05 bits per heavy atom. The molecule has 5 nitrogen and oxygen atoms in total. The van der Waals surface area contributed by atoms with E-state index >= 15 is 0 Å². The summed E-state index contributed by atoms with van der Waals surface area (Å²) in [5, 5.41) is 2.16. The van der Waals surface area contributed by atoms with Gasteiger partial charge >= 0.3 is 0 Å². The van der Waals surface area contributed by atoms with E-state index in [9.17, 15) is 4.39 Å². The van der Waals surface area contributed by atoms with Crippen LogP contribution in [0.15, 0.2) is 102 Å². The van der Waals surface area contributed by atoms with Gasteiger partial charge in [0.1, 0.15) is 5.58 Å². The second kappa shape index (κ2) is 16.1. The van der Waals surface area contributed by atoms with Gasteiger partial charge in [-0.25, -0.2) is 4.98 Å². The van der Waals surface area contributed by atoms with Gasteiger partial charge in [0.15, 0.2) is 5.65 Å². The van der Waals surface area contributed by atoms with E-state index in [-0.39, 0.29) is 42.1 Å². The number of pyridine rings is 2. The van der Waals surface area contributed by atoms with Crippen LogP contribution in [0.4, 0.5) is 4.39 Å². The number of imidazole rings is 1. The Balaban J connectivity index is 0.000000234. The van der Waals surface area contributed by atoms with E-state index in [2.05, 4.69) is 133 Å². The summed E-state index contributed by atoms with van der Waals surface area (Å²) in [5.74, 6) is 0.843. The second-order valence-corrected chi connectivity index (χ2v) is 17.2. The van der Waals surface area contributed by atoms with Crippen molar-refractivity contribution < 1.29 is 33.0 Å². The van der Waals surface area contributed by atoms with E-state index in [1.165, 1.54) is 28.4 Å². The van der Waals surface area contributed by atoms with Gasteiger partial charge in [0, 0.05) is 53.5 Å². The molecule has 0 N–H and O–H groups in total. The predicted octanol–water partition coefficient (Wildman–Crippen LogP) is 13.6.